The van der Waals surface area contributed by atoms with Crippen LogP contribution in [0.3, 0.4) is 0 Å². The van der Waals surface area contributed by atoms with Gasteiger partial charge in [0, 0.05) is 23.8 Å². The number of benzene rings is 3. The number of aromatic nitrogens is 2. The summed E-state index contributed by atoms with van der Waals surface area (Å²) in [6.45, 7) is 4.87. The lowest BCUT2D eigenvalue weighted by molar-refractivity contribution is -0.122. The third-order valence-corrected chi connectivity index (χ3v) is 6.71. The van der Waals surface area contributed by atoms with Gasteiger partial charge in [-0.3, -0.25) is 9.59 Å². The quantitative estimate of drug-likeness (QED) is 0.248. The minimum Gasteiger partial charge on any atom is -0.352 e. The molecule has 0 saturated carbocycles. The van der Waals surface area contributed by atoms with Crippen LogP contribution < -0.4 is 16.4 Å². The van der Waals surface area contributed by atoms with Crippen LogP contribution in [0.15, 0.2) is 79.0 Å². The van der Waals surface area contributed by atoms with Crippen molar-refractivity contribution in [2.45, 2.75) is 45.7 Å². The molecule has 1 aromatic heterocycles. The van der Waals surface area contributed by atoms with Crippen LogP contribution in [0.25, 0.3) is 5.69 Å². The Labute approximate surface area is 228 Å². The summed E-state index contributed by atoms with van der Waals surface area (Å²) in [5, 5.41) is 11.1. The van der Waals surface area contributed by atoms with Gasteiger partial charge < -0.3 is 16.4 Å². The molecule has 0 saturated heterocycles. The number of hydrogen-bond donors (Lipinski definition) is 3. The van der Waals surface area contributed by atoms with Crippen molar-refractivity contribution >= 4 is 29.1 Å². The van der Waals surface area contributed by atoms with Crippen molar-refractivity contribution in [2.75, 3.05) is 5.32 Å². The number of nitrogens with two attached hydrogens (primary N) is 1. The van der Waals surface area contributed by atoms with Gasteiger partial charge >= 0.3 is 0 Å². The Hall–Kier alpha value is -3.94. The zero-order valence-corrected chi connectivity index (χ0v) is 22.3. The van der Waals surface area contributed by atoms with Gasteiger partial charge in [-0.05, 0) is 66.4 Å². The highest BCUT2D eigenvalue weighted by Crippen LogP contribution is 2.22. The van der Waals surface area contributed by atoms with E-state index in [9.17, 15) is 9.59 Å². The number of anilines is 1. The lowest BCUT2D eigenvalue weighted by atomic mass is 10.00. The van der Waals surface area contributed by atoms with E-state index in [1.807, 2.05) is 67.6 Å². The third kappa shape index (κ3) is 6.49. The summed E-state index contributed by atoms with van der Waals surface area (Å²) in [5.41, 5.74) is 11.4. The van der Waals surface area contributed by atoms with Crippen molar-refractivity contribution in [3.8, 4) is 5.69 Å². The predicted octanol–water partition coefficient (Wildman–Crippen LogP) is 5.61. The maximum absolute atomic E-state index is 13.1. The molecule has 1 atom stereocenters. The minimum atomic E-state index is -0.336. The van der Waals surface area contributed by atoms with Crippen LogP contribution in [0.2, 0.25) is 5.02 Å². The van der Waals surface area contributed by atoms with Gasteiger partial charge in [0.25, 0.3) is 5.91 Å². The molecule has 0 bridgehead atoms. The molecule has 8 heteroatoms. The van der Waals surface area contributed by atoms with E-state index in [0.717, 1.165) is 34.5 Å². The maximum Gasteiger partial charge on any atom is 0.259 e. The summed E-state index contributed by atoms with van der Waals surface area (Å²) in [5.74, 6) is -0.631. The fraction of sp³-hybridized carbons (Fsp3) is 0.233. The second-order valence-electron chi connectivity index (χ2n) is 9.18. The Morgan fingerprint density at radius 3 is 2.26 bits per heavy atom. The first kappa shape index (κ1) is 27.1. The molecular weight excluding hydrogens is 498 g/mol. The van der Waals surface area contributed by atoms with Gasteiger partial charge in [-0.2, -0.15) is 5.10 Å². The van der Waals surface area contributed by atoms with Gasteiger partial charge in [-0.15, -0.1) is 0 Å². The predicted molar refractivity (Wildman–Crippen MR) is 152 cm³/mol. The van der Waals surface area contributed by atoms with Crippen LogP contribution in [0.4, 0.5) is 5.69 Å². The molecule has 4 rings (SSSR count). The fourth-order valence-electron chi connectivity index (χ4n) is 4.19. The summed E-state index contributed by atoms with van der Waals surface area (Å²) in [6, 6.07) is 22.6. The van der Waals surface area contributed by atoms with Crippen molar-refractivity contribution in [3.63, 3.8) is 0 Å². The Bertz CT molecular complexity index is 1380. The van der Waals surface area contributed by atoms with Crippen molar-refractivity contribution in [2.24, 2.45) is 5.73 Å². The normalized spacial score (nSPS) is 11.7. The molecule has 0 aliphatic carbocycles. The molecule has 2 amide bonds. The molecule has 196 valence electrons. The van der Waals surface area contributed by atoms with Crippen LogP contribution in [0, 0.1) is 0 Å². The van der Waals surface area contributed by atoms with Crippen LogP contribution in [0.1, 0.15) is 58.9 Å². The molecule has 4 N–H and O–H groups in total. The van der Waals surface area contributed by atoms with Crippen molar-refractivity contribution in [3.05, 3.63) is 112 Å². The second kappa shape index (κ2) is 12.5. The first-order valence-electron chi connectivity index (χ1n) is 12.7. The Morgan fingerprint density at radius 2 is 1.63 bits per heavy atom. The Balaban J connectivity index is 1.40. The average Bonchev–Trinajstić information content (AvgIpc) is 3.36. The number of carbonyl (C=O) groups excluding carboxylic acids is 2. The van der Waals surface area contributed by atoms with Gasteiger partial charge in [0.2, 0.25) is 5.91 Å². The molecule has 0 aliphatic rings. The number of hydrogen-bond acceptors (Lipinski definition) is 4. The smallest absolute Gasteiger partial charge is 0.259 e. The largest absolute Gasteiger partial charge is 0.352 e. The Morgan fingerprint density at radius 1 is 0.974 bits per heavy atom. The van der Waals surface area contributed by atoms with Gasteiger partial charge in [-0.25, -0.2) is 4.68 Å². The second-order valence-corrected chi connectivity index (χ2v) is 9.62. The minimum absolute atomic E-state index is 0.0662. The number of rotatable bonds is 10. The molecule has 0 spiro atoms. The molecule has 0 aliphatic heterocycles. The van der Waals surface area contributed by atoms with E-state index in [2.05, 4.69) is 22.7 Å². The highest BCUT2D eigenvalue weighted by molar-refractivity contribution is 6.30. The highest BCUT2D eigenvalue weighted by atomic mass is 35.5. The van der Waals surface area contributed by atoms with Crippen molar-refractivity contribution in [1.29, 1.82) is 0 Å². The van der Waals surface area contributed by atoms with E-state index in [-0.39, 0.29) is 17.7 Å². The van der Waals surface area contributed by atoms with Gasteiger partial charge in [-0.1, -0.05) is 61.3 Å². The van der Waals surface area contributed by atoms with Crippen molar-refractivity contribution < 1.29 is 9.59 Å². The molecule has 7 nitrogen and oxygen atoms in total. The number of amides is 2. The lowest BCUT2D eigenvalue weighted by Crippen LogP contribution is -2.27. The monoisotopic (exact) mass is 529 g/mol. The fourth-order valence-corrected chi connectivity index (χ4v) is 4.31. The van der Waals surface area contributed by atoms with E-state index in [4.69, 9.17) is 17.3 Å². The van der Waals surface area contributed by atoms with Crippen LogP contribution >= 0.6 is 11.6 Å². The molecule has 1 heterocycles. The van der Waals surface area contributed by atoms with Crippen LogP contribution in [-0.4, -0.2) is 21.6 Å². The Kier molecular flexibility index (Phi) is 8.94. The average molecular weight is 530 g/mol. The standard InChI is InChI=1S/C30H32ClN5O2/c1-3-4-28-27(19-34-36(28)26-15-11-24(31)12-16-26)30(38)35-25-13-9-23(10-14-25)20(2)29(37)33-18-22-7-5-21(17-32)6-8-22/h5-16,19-20H,3-4,17-18,32H2,1-2H3,(H,33,37)(H,35,38). The van der Waals surface area contributed by atoms with Crippen LogP contribution in [-0.2, 0) is 24.3 Å². The molecule has 3 aromatic carbocycles. The zero-order valence-electron chi connectivity index (χ0n) is 21.6. The number of carbonyl (C=O) groups is 2. The summed E-state index contributed by atoms with van der Waals surface area (Å²) in [4.78, 5) is 25.8. The van der Waals surface area contributed by atoms with Gasteiger partial charge in [0.05, 0.1) is 29.1 Å². The van der Waals surface area contributed by atoms with E-state index in [0.29, 0.717) is 35.8 Å². The number of nitrogens with one attached hydrogen (secondary N) is 2. The van der Waals surface area contributed by atoms with Gasteiger partial charge in [0.1, 0.15) is 0 Å². The van der Waals surface area contributed by atoms with E-state index in [1.54, 1.807) is 23.0 Å². The highest BCUT2D eigenvalue weighted by Gasteiger charge is 2.19. The first-order valence-corrected chi connectivity index (χ1v) is 13.1. The topological polar surface area (TPSA) is 102 Å². The molecule has 4 aromatic rings. The van der Waals surface area contributed by atoms with Gasteiger partial charge in [0.15, 0.2) is 0 Å². The van der Waals surface area contributed by atoms with Crippen molar-refractivity contribution in [1.82, 2.24) is 15.1 Å². The summed E-state index contributed by atoms with van der Waals surface area (Å²) >= 11 is 6.02. The zero-order chi connectivity index (χ0) is 27.1. The van der Waals surface area contributed by atoms with E-state index >= 15 is 0 Å². The lowest BCUT2D eigenvalue weighted by Gasteiger charge is -2.14. The SMILES string of the molecule is CCCc1c(C(=O)Nc2ccc(C(C)C(=O)NCc3ccc(CN)cc3)cc2)cnn1-c1ccc(Cl)cc1. The molecule has 1 unspecified atom stereocenters. The number of nitrogens with zero attached hydrogens (tertiary/aromatic N) is 2. The van der Waals surface area contributed by atoms with E-state index in [1.165, 1.54) is 0 Å². The van der Waals surface area contributed by atoms with Crippen LogP contribution in [0.5, 0.6) is 0 Å². The third-order valence-electron chi connectivity index (χ3n) is 6.46. The molecule has 38 heavy (non-hydrogen) atoms. The summed E-state index contributed by atoms with van der Waals surface area (Å²) < 4.78 is 1.78. The first-order chi connectivity index (χ1) is 18.4. The van der Waals surface area contributed by atoms with E-state index < -0.39 is 0 Å². The molecule has 0 fully saturated rings. The maximum atomic E-state index is 13.1. The summed E-state index contributed by atoms with van der Waals surface area (Å²) in [6.07, 6.45) is 3.17. The summed E-state index contributed by atoms with van der Waals surface area (Å²) in [7, 11) is 0. The number of halogens is 1. The molecule has 0 radical (unpaired) electrons. The molecular formula is C30H32ClN5O2.